The highest BCUT2D eigenvalue weighted by Crippen LogP contribution is 2.31. The van der Waals surface area contributed by atoms with E-state index in [4.69, 9.17) is 4.52 Å². The molecule has 186 valence electrons. The third-order valence-electron chi connectivity index (χ3n) is 7.37. The van der Waals surface area contributed by atoms with Crippen molar-refractivity contribution in [3.8, 4) is 0 Å². The maximum absolute atomic E-state index is 13.0. The molecule has 1 aromatic carbocycles. The molecule has 2 fully saturated rings. The van der Waals surface area contributed by atoms with Crippen LogP contribution >= 0.6 is 0 Å². The number of aromatic nitrogens is 1. The lowest BCUT2D eigenvalue weighted by Crippen LogP contribution is -2.48. The Kier molecular flexibility index (Phi) is 7.74. The highest BCUT2D eigenvalue weighted by molar-refractivity contribution is 7.89. The molecule has 2 aliphatic rings. The number of aryl methyl sites for hydroxylation is 2. The third kappa shape index (κ3) is 5.53. The van der Waals surface area contributed by atoms with Gasteiger partial charge < -0.3 is 9.84 Å². The standard InChI is InChI=1S/C25H36N4O4S/c1-18(22-9-15-29(16-10-22)34(31,32)24-19(2)27-33-20(24)3)25(30)26-23-11-13-28(14-12-23)17-21-7-5-4-6-8-21/h4-8,18,22-23H,9-17H2,1-3H3,(H,26,30). The number of hydrogen-bond acceptors (Lipinski definition) is 6. The molecule has 1 unspecified atom stereocenters. The molecule has 2 aromatic rings. The van der Waals surface area contributed by atoms with Crippen molar-refractivity contribution in [1.29, 1.82) is 0 Å². The van der Waals surface area contributed by atoms with Gasteiger partial charge in [0, 0.05) is 44.7 Å². The summed E-state index contributed by atoms with van der Waals surface area (Å²) in [5.74, 6) is 0.455. The summed E-state index contributed by atoms with van der Waals surface area (Å²) in [7, 11) is -3.63. The predicted molar refractivity (Wildman–Crippen MR) is 130 cm³/mol. The molecule has 1 atom stereocenters. The molecule has 9 heteroatoms. The van der Waals surface area contributed by atoms with Crippen LogP contribution in [0, 0.1) is 25.7 Å². The van der Waals surface area contributed by atoms with E-state index in [1.54, 1.807) is 13.8 Å². The molecule has 1 aromatic heterocycles. The average Bonchev–Trinajstić information content (AvgIpc) is 3.19. The van der Waals surface area contributed by atoms with E-state index in [9.17, 15) is 13.2 Å². The maximum Gasteiger partial charge on any atom is 0.248 e. The van der Waals surface area contributed by atoms with Crippen LogP contribution < -0.4 is 5.32 Å². The second-order valence-corrected chi connectivity index (χ2v) is 11.6. The fraction of sp³-hybridized carbons (Fsp3) is 0.600. The number of sulfonamides is 1. The summed E-state index contributed by atoms with van der Waals surface area (Å²) >= 11 is 0. The maximum atomic E-state index is 13.0. The number of hydrogen-bond donors (Lipinski definition) is 1. The lowest BCUT2D eigenvalue weighted by Gasteiger charge is -2.35. The molecule has 2 aliphatic heterocycles. The highest BCUT2D eigenvalue weighted by Gasteiger charge is 2.36. The summed E-state index contributed by atoms with van der Waals surface area (Å²) in [6.45, 7) is 8.97. The van der Waals surface area contributed by atoms with E-state index >= 15 is 0 Å². The van der Waals surface area contributed by atoms with E-state index in [-0.39, 0.29) is 28.7 Å². The third-order valence-corrected chi connectivity index (χ3v) is 9.51. The van der Waals surface area contributed by atoms with E-state index in [1.807, 2.05) is 13.0 Å². The molecule has 3 heterocycles. The Balaban J connectivity index is 1.24. The van der Waals surface area contributed by atoms with Crippen molar-refractivity contribution in [3.63, 3.8) is 0 Å². The number of likely N-dealkylation sites (tertiary alicyclic amines) is 1. The van der Waals surface area contributed by atoms with Gasteiger partial charge in [0.05, 0.1) is 0 Å². The zero-order valence-electron chi connectivity index (χ0n) is 20.4. The summed E-state index contributed by atoms with van der Waals surface area (Å²) in [6, 6.07) is 10.7. The first-order valence-electron chi connectivity index (χ1n) is 12.3. The van der Waals surface area contributed by atoms with E-state index in [0.29, 0.717) is 37.4 Å². The van der Waals surface area contributed by atoms with Crippen LogP contribution in [0.4, 0.5) is 0 Å². The first kappa shape index (κ1) is 24.9. The fourth-order valence-electron chi connectivity index (χ4n) is 5.21. The van der Waals surface area contributed by atoms with E-state index in [0.717, 1.165) is 32.5 Å². The molecule has 0 saturated carbocycles. The molecule has 4 rings (SSSR count). The van der Waals surface area contributed by atoms with Crippen LogP contribution in [0.1, 0.15) is 49.6 Å². The van der Waals surface area contributed by atoms with Crippen molar-refractivity contribution in [2.75, 3.05) is 26.2 Å². The molecule has 8 nitrogen and oxygen atoms in total. The molecular weight excluding hydrogens is 452 g/mol. The van der Waals surface area contributed by atoms with E-state index < -0.39 is 10.0 Å². The molecule has 1 N–H and O–H groups in total. The second kappa shape index (κ2) is 10.6. The Morgan fingerprint density at radius 2 is 1.74 bits per heavy atom. The predicted octanol–water partition coefficient (Wildman–Crippen LogP) is 3.11. The van der Waals surface area contributed by atoms with Gasteiger partial charge in [-0.05, 0) is 51.0 Å². The topological polar surface area (TPSA) is 95.8 Å². The van der Waals surface area contributed by atoms with Crippen LogP contribution in [0.2, 0.25) is 0 Å². The molecular formula is C25H36N4O4S. The van der Waals surface area contributed by atoms with Crippen molar-refractivity contribution >= 4 is 15.9 Å². The van der Waals surface area contributed by atoms with Crippen molar-refractivity contribution in [2.45, 2.75) is 63.9 Å². The SMILES string of the molecule is Cc1noc(C)c1S(=O)(=O)N1CCC(C(C)C(=O)NC2CCN(Cc3ccccc3)CC2)CC1. The van der Waals surface area contributed by atoms with Crippen molar-refractivity contribution in [3.05, 3.63) is 47.3 Å². The first-order chi connectivity index (χ1) is 16.3. The van der Waals surface area contributed by atoms with Gasteiger partial charge in [-0.2, -0.15) is 4.31 Å². The fourth-order valence-corrected chi connectivity index (χ4v) is 6.97. The van der Waals surface area contributed by atoms with Crippen LogP contribution in [0.5, 0.6) is 0 Å². The van der Waals surface area contributed by atoms with Crippen molar-refractivity contribution in [2.24, 2.45) is 11.8 Å². The summed E-state index contributed by atoms with van der Waals surface area (Å²) in [4.78, 5) is 15.6. The largest absolute Gasteiger partial charge is 0.360 e. The minimum absolute atomic E-state index is 0.0912. The van der Waals surface area contributed by atoms with Gasteiger partial charge in [-0.3, -0.25) is 9.69 Å². The number of rotatable bonds is 7. The van der Waals surface area contributed by atoms with Crippen LogP contribution in [-0.2, 0) is 21.4 Å². The van der Waals surface area contributed by atoms with Crippen LogP contribution in [0.25, 0.3) is 0 Å². The zero-order valence-corrected chi connectivity index (χ0v) is 21.2. The Hall–Kier alpha value is -2.23. The molecule has 0 bridgehead atoms. The van der Waals surface area contributed by atoms with Gasteiger partial charge in [-0.15, -0.1) is 0 Å². The van der Waals surface area contributed by atoms with E-state index in [1.165, 1.54) is 9.87 Å². The number of nitrogens with one attached hydrogen (secondary N) is 1. The molecule has 0 spiro atoms. The molecule has 2 saturated heterocycles. The van der Waals surface area contributed by atoms with Gasteiger partial charge in [0.2, 0.25) is 15.9 Å². The van der Waals surface area contributed by atoms with Gasteiger partial charge in [-0.1, -0.05) is 42.4 Å². The number of nitrogens with zero attached hydrogens (tertiary/aromatic N) is 3. The quantitative estimate of drug-likeness (QED) is 0.643. The number of benzene rings is 1. The van der Waals surface area contributed by atoms with Gasteiger partial charge in [0.1, 0.15) is 10.6 Å². The summed E-state index contributed by atoms with van der Waals surface area (Å²) in [5, 5.41) is 7.05. The average molecular weight is 489 g/mol. The monoisotopic (exact) mass is 488 g/mol. The molecule has 1 amide bonds. The van der Waals surface area contributed by atoms with Crippen molar-refractivity contribution in [1.82, 2.24) is 19.7 Å². The van der Waals surface area contributed by atoms with Gasteiger partial charge in [0.25, 0.3) is 0 Å². The minimum Gasteiger partial charge on any atom is -0.360 e. The smallest absolute Gasteiger partial charge is 0.248 e. The Morgan fingerprint density at radius 1 is 1.09 bits per heavy atom. The highest BCUT2D eigenvalue weighted by atomic mass is 32.2. The Bertz CT molecular complexity index is 1050. The summed E-state index contributed by atoms with van der Waals surface area (Å²) in [5.41, 5.74) is 1.71. The van der Waals surface area contributed by atoms with Gasteiger partial charge in [-0.25, -0.2) is 8.42 Å². The van der Waals surface area contributed by atoms with Gasteiger partial charge in [0.15, 0.2) is 5.76 Å². The van der Waals surface area contributed by atoms with Crippen LogP contribution in [0.3, 0.4) is 0 Å². The van der Waals surface area contributed by atoms with Crippen LogP contribution in [-0.4, -0.2) is 60.9 Å². The van der Waals surface area contributed by atoms with Crippen LogP contribution in [0.15, 0.2) is 39.8 Å². The molecule has 34 heavy (non-hydrogen) atoms. The zero-order chi connectivity index (χ0) is 24.3. The van der Waals surface area contributed by atoms with Crippen molar-refractivity contribution < 1.29 is 17.7 Å². The first-order valence-corrected chi connectivity index (χ1v) is 13.7. The lowest BCUT2D eigenvalue weighted by atomic mass is 9.85. The number of piperidine rings is 2. The summed E-state index contributed by atoms with van der Waals surface area (Å²) in [6.07, 6.45) is 3.26. The number of amides is 1. The second-order valence-electron chi connectivity index (χ2n) is 9.73. The molecule has 0 aliphatic carbocycles. The number of carbonyl (C=O) groups is 1. The minimum atomic E-state index is -3.63. The number of carbonyl (C=O) groups excluding carboxylic acids is 1. The van der Waals surface area contributed by atoms with Gasteiger partial charge >= 0.3 is 0 Å². The molecule has 0 radical (unpaired) electrons. The normalized spacial score (nSPS) is 20.3. The summed E-state index contributed by atoms with van der Waals surface area (Å²) < 4.78 is 32.7. The Morgan fingerprint density at radius 3 is 2.32 bits per heavy atom. The van der Waals surface area contributed by atoms with E-state index in [2.05, 4.69) is 39.6 Å². The lowest BCUT2D eigenvalue weighted by molar-refractivity contribution is -0.127. The Labute approximate surface area is 202 Å².